The maximum absolute atomic E-state index is 6.11. The van der Waals surface area contributed by atoms with E-state index in [-0.39, 0.29) is 29.6 Å². The lowest BCUT2D eigenvalue weighted by atomic mass is 10.1. The Bertz CT molecular complexity index is 788. The van der Waals surface area contributed by atoms with Gasteiger partial charge < -0.3 is 19.4 Å². The van der Waals surface area contributed by atoms with Crippen molar-refractivity contribution in [2.24, 2.45) is 4.99 Å². The molecule has 0 spiro atoms. The molecule has 1 aromatic carbocycles. The minimum Gasteiger partial charge on any atom is -0.444 e. The fourth-order valence-corrected chi connectivity index (χ4v) is 3.40. The Morgan fingerprint density at radius 3 is 2.48 bits per heavy atom. The van der Waals surface area contributed by atoms with Crippen LogP contribution < -0.4 is 5.32 Å². The molecule has 1 saturated heterocycles. The van der Waals surface area contributed by atoms with Gasteiger partial charge in [-0.05, 0) is 52.7 Å². The Kier molecular flexibility index (Phi) is 8.51. The van der Waals surface area contributed by atoms with Gasteiger partial charge in [-0.25, -0.2) is 4.98 Å². The van der Waals surface area contributed by atoms with Crippen molar-refractivity contribution in [2.75, 3.05) is 20.1 Å². The predicted octanol–water partition coefficient (Wildman–Crippen LogP) is 4.62. The number of likely N-dealkylation sites (tertiary alicyclic amines) is 1. The van der Waals surface area contributed by atoms with E-state index in [1.165, 1.54) is 5.56 Å². The highest BCUT2D eigenvalue weighted by Crippen LogP contribution is 2.21. The van der Waals surface area contributed by atoms with E-state index >= 15 is 0 Å². The van der Waals surface area contributed by atoms with Crippen LogP contribution in [0.3, 0.4) is 0 Å². The quantitative estimate of drug-likeness (QED) is 0.368. The normalized spacial score (nSPS) is 15.9. The summed E-state index contributed by atoms with van der Waals surface area (Å²) in [7, 11) is 1.82. The molecule has 0 bridgehead atoms. The first-order valence-electron chi connectivity index (χ1n) is 9.99. The lowest BCUT2D eigenvalue weighted by Crippen LogP contribution is -2.47. The van der Waals surface area contributed by atoms with Crippen molar-refractivity contribution < 1.29 is 9.15 Å². The van der Waals surface area contributed by atoms with Gasteiger partial charge in [-0.15, -0.1) is 24.0 Å². The fraction of sp³-hybridized carbons (Fsp3) is 0.545. The summed E-state index contributed by atoms with van der Waals surface area (Å²) in [6.07, 6.45) is 4.06. The molecule has 160 valence electrons. The largest absolute Gasteiger partial charge is 0.444 e. The van der Waals surface area contributed by atoms with E-state index in [2.05, 4.69) is 60.0 Å². The lowest BCUT2D eigenvalue weighted by Gasteiger charge is -2.36. The van der Waals surface area contributed by atoms with E-state index in [0.29, 0.717) is 18.5 Å². The number of aliphatic imine (C=N–C) groups is 1. The number of rotatable bonds is 4. The van der Waals surface area contributed by atoms with Crippen LogP contribution in [-0.4, -0.2) is 47.7 Å². The molecule has 2 aromatic rings. The van der Waals surface area contributed by atoms with E-state index in [9.17, 15) is 0 Å². The summed E-state index contributed by atoms with van der Waals surface area (Å²) in [5.74, 6) is 1.54. The number of guanidine groups is 1. The molecule has 1 aliphatic heterocycles. The van der Waals surface area contributed by atoms with Gasteiger partial charge in [0.05, 0.1) is 23.9 Å². The van der Waals surface area contributed by atoms with E-state index in [4.69, 9.17) is 9.15 Å². The molecule has 29 heavy (non-hydrogen) atoms. The van der Waals surface area contributed by atoms with Gasteiger partial charge in [0.2, 0.25) is 5.89 Å². The fourth-order valence-electron chi connectivity index (χ4n) is 3.40. The second-order valence-electron chi connectivity index (χ2n) is 8.33. The van der Waals surface area contributed by atoms with E-state index in [0.717, 1.165) is 43.1 Å². The molecule has 0 aliphatic carbocycles. The molecule has 0 atom stereocenters. The summed E-state index contributed by atoms with van der Waals surface area (Å²) in [5, 5.41) is 3.41. The average molecular weight is 512 g/mol. The summed E-state index contributed by atoms with van der Waals surface area (Å²) < 4.78 is 11.8. The highest BCUT2D eigenvalue weighted by Gasteiger charge is 2.25. The Balaban J connectivity index is 0.00000300. The van der Waals surface area contributed by atoms with Gasteiger partial charge in [0, 0.05) is 25.7 Å². The van der Waals surface area contributed by atoms with Gasteiger partial charge in [0.25, 0.3) is 0 Å². The molecule has 1 fully saturated rings. The van der Waals surface area contributed by atoms with Gasteiger partial charge in [-0.3, -0.25) is 4.99 Å². The molecule has 2 heterocycles. The number of benzene rings is 1. The zero-order valence-electron chi connectivity index (χ0n) is 18.1. The third-order valence-electron chi connectivity index (χ3n) is 4.75. The standard InChI is InChI=1S/C22H32N4O2.HI/c1-16-6-8-17(9-7-16)20-25-18(15-27-20)14-24-21(23-5)26-12-10-19(11-13-26)28-22(2,3)4;/h6-9,15,19H,10-14H2,1-5H3,(H,23,24);1H. The predicted molar refractivity (Wildman–Crippen MR) is 128 cm³/mol. The topological polar surface area (TPSA) is 62.9 Å². The number of nitrogens with zero attached hydrogens (tertiary/aromatic N) is 3. The molecule has 7 heteroatoms. The molecule has 6 nitrogen and oxygen atoms in total. The van der Waals surface area contributed by atoms with Gasteiger partial charge >= 0.3 is 0 Å². The minimum absolute atomic E-state index is 0. The van der Waals surface area contributed by atoms with Crippen molar-refractivity contribution in [3.63, 3.8) is 0 Å². The summed E-state index contributed by atoms with van der Waals surface area (Å²) in [4.78, 5) is 11.3. The maximum atomic E-state index is 6.11. The van der Waals surface area contributed by atoms with Crippen LogP contribution in [0.15, 0.2) is 39.9 Å². The second kappa shape index (κ2) is 10.4. The van der Waals surface area contributed by atoms with E-state index in [1.54, 1.807) is 6.26 Å². The van der Waals surface area contributed by atoms with Gasteiger partial charge in [0.1, 0.15) is 6.26 Å². The van der Waals surface area contributed by atoms with Crippen LogP contribution >= 0.6 is 24.0 Å². The lowest BCUT2D eigenvalue weighted by molar-refractivity contribution is -0.0772. The van der Waals surface area contributed by atoms with Crippen LogP contribution in [0, 0.1) is 6.92 Å². The Hall–Kier alpha value is -1.61. The zero-order valence-corrected chi connectivity index (χ0v) is 20.4. The summed E-state index contributed by atoms with van der Waals surface area (Å²) in [6, 6.07) is 8.18. The van der Waals surface area contributed by atoms with Gasteiger partial charge in [-0.1, -0.05) is 17.7 Å². The Morgan fingerprint density at radius 1 is 1.24 bits per heavy atom. The highest BCUT2D eigenvalue weighted by atomic mass is 127. The number of oxazole rings is 1. The summed E-state index contributed by atoms with van der Waals surface area (Å²) >= 11 is 0. The smallest absolute Gasteiger partial charge is 0.226 e. The van der Waals surface area contributed by atoms with Crippen molar-refractivity contribution in [1.29, 1.82) is 0 Å². The first-order chi connectivity index (χ1) is 13.3. The average Bonchev–Trinajstić information content (AvgIpc) is 3.12. The molecule has 0 unspecified atom stereocenters. The minimum atomic E-state index is -0.0884. The molecule has 3 rings (SSSR count). The number of ether oxygens (including phenoxy) is 1. The summed E-state index contributed by atoms with van der Waals surface area (Å²) in [6.45, 7) is 10.9. The Morgan fingerprint density at radius 2 is 1.90 bits per heavy atom. The van der Waals surface area contributed by atoms with Crippen molar-refractivity contribution >= 4 is 29.9 Å². The monoisotopic (exact) mass is 512 g/mol. The number of halogens is 1. The third kappa shape index (κ3) is 6.99. The molecule has 0 radical (unpaired) electrons. The molecular weight excluding hydrogens is 479 g/mol. The Labute approximate surface area is 191 Å². The number of aryl methyl sites for hydroxylation is 1. The van der Waals surface area contributed by atoms with Crippen LogP contribution in [0.25, 0.3) is 11.5 Å². The SMILES string of the molecule is CN=C(NCc1coc(-c2ccc(C)cc2)n1)N1CCC(OC(C)(C)C)CC1.I. The highest BCUT2D eigenvalue weighted by molar-refractivity contribution is 14.0. The number of aromatic nitrogens is 1. The maximum Gasteiger partial charge on any atom is 0.226 e. The zero-order chi connectivity index (χ0) is 20.1. The number of piperidine rings is 1. The first-order valence-corrected chi connectivity index (χ1v) is 9.99. The van der Waals surface area contributed by atoms with E-state index < -0.39 is 0 Å². The molecular formula is C22H33IN4O2. The number of nitrogens with one attached hydrogen (secondary N) is 1. The molecule has 0 amide bonds. The molecule has 0 saturated carbocycles. The first kappa shape index (κ1) is 23.7. The van der Waals surface area contributed by atoms with E-state index in [1.807, 2.05) is 19.2 Å². The molecule has 1 N–H and O–H groups in total. The van der Waals surface area contributed by atoms with Crippen molar-refractivity contribution in [3.8, 4) is 11.5 Å². The number of hydrogen-bond donors (Lipinski definition) is 1. The van der Waals surface area contributed by atoms with Gasteiger partial charge in [-0.2, -0.15) is 0 Å². The van der Waals surface area contributed by atoms with Crippen LogP contribution in [0.1, 0.15) is 44.9 Å². The number of hydrogen-bond acceptors (Lipinski definition) is 4. The van der Waals surface area contributed by atoms with Crippen LogP contribution in [-0.2, 0) is 11.3 Å². The van der Waals surface area contributed by atoms with Crippen LogP contribution in [0.2, 0.25) is 0 Å². The molecule has 1 aliphatic rings. The molecule has 1 aromatic heterocycles. The van der Waals surface area contributed by atoms with Gasteiger partial charge in [0.15, 0.2) is 5.96 Å². The van der Waals surface area contributed by atoms with Crippen molar-refractivity contribution in [2.45, 2.75) is 58.8 Å². The summed E-state index contributed by atoms with van der Waals surface area (Å²) in [5.41, 5.74) is 2.98. The van der Waals surface area contributed by atoms with Crippen LogP contribution in [0.5, 0.6) is 0 Å². The second-order valence-corrected chi connectivity index (χ2v) is 8.33. The van der Waals surface area contributed by atoms with Crippen LogP contribution in [0.4, 0.5) is 0 Å². The van der Waals surface area contributed by atoms with Crippen molar-refractivity contribution in [1.82, 2.24) is 15.2 Å². The van der Waals surface area contributed by atoms with Crippen molar-refractivity contribution in [3.05, 3.63) is 41.8 Å². The third-order valence-corrected chi connectivity index (χ3v) is 4.75.